The molecule has 2 rings (SSSR count). The van der Waals surface area contributed by atoms with Crippen LogP contribution in [0.15, 0.2) is 29.4 Å². The summed E-state index contributed by atoms with van der Waals surface area (Å²) in [6, 6.07) is 7.93. The molecule has 0 spiro atoms. The number of hydrogen-bond acceptors (Lipinski definition) is 6. The third-order valence-corrected chi connectivity index (χ3v) is 4.20. The van der Waals surface area contributed by atoms with Gasteiger partial charge < -0.3 is 15.9 Å². The maximum atomic E-state index is 11.2. The van der Waals surface area contributed by atoms with Crippen molar-refractivity contribution >= 4 is 17.7 Å². The van der Waals surface area contributed by atoms with Crippen LogP contribution >= 0.6 is 11.8 Å². The fraction of sp³-hybridized carbons (Fsp3) is 0.400. The van der Waals surface area contributed by atoms with E-state index < -0.39 is 0 Å². The van der Waals surface area contributed by atoms with Gasteiger partial charge in [0.25, 0.3) is 0 Å². The van der Waals surface area contributed by atoms with Gasteiger partial charge in [-0.1, -0.05) is 37.7 Å². The summed E-state index contributed by atoms with van der Waals surface area (Å²) in [5, 5.41) is 11.0. The average molecular weight is 335 g/mol. The predicted octanol–water partition coefficient (Wildman–Crippen LogP) is 1.53. The van der Waals surface area contributed by atoms with Crippen LogP contribution in [0, 0.1) is 0 Å². The molecule has 8 heteroatoms. The van der Waals surface area contributed by atoms with Gasteiger partial charge in [-0.25, -0.2) is 4.68 Å². The first-order valence-corrected chi connectivity index (χ1v) is 8.25. The van der Waals surface area contributed by atoms with Crippen molar-refractivity contribution in [2.75, 3.05) is 18.6 Å². The summed E-state index contributed by atoms with van der Waals surface area (Å²) in [5.74, 6) is 7.79. The molecule has 0 unspecified atom stereocenters. The fourth-order valence-corrected chi connectivity index (χ4v) is 2.55. The Morgan fingerprint density at radius 3 is 2.65 bits per heavy atom. The summed E-state index contributed by atoms with van der Waals surface area (Å²) in [7, 11) is 1.58. The van der Waals surface area contributed by atoms with Gasteiger partial charge in [0.2, 0.25) is 11.1 Å². The minimum Gasteiger partial charge on any atom is -0.486 e. The Morgan fingerprint density at radius 2 is 2.04 bits per heavy atom. The van der Waals surface area contributed by atoms with Crippen LogP contribution in [0.5, 0.6) is 5.75 Å². The normalized spacial score (nSPS) is 10.8. The van der Waals surface area contributed by atoms with E-state index in [0.29, 0.717) is 16.9 Å². The summed E-state index contributed by atoms with van der Waals surface area (Å²) in [6.07, 6.45) is 0. The van der Waals surface area contributed by atoms with E-state index in [1.807, 2.05) is 24.3 Å². The summed E-state index contributed by atoms with van der Waals surface area (Å²) in [6.45, 7) is 4.50. The molecular formula is C15H21N5O2S. The molecule has 1 aromatic heterocycles. The van der Waals surface area contributed by atoms with Gasteiger partial charge in [-0.2, -0.15) is 0 Å². The molecule has 23 heavy (non-hydrogen) atoms. The van der Waals surface area contributed by atoms with Crippen molar-refractivity contribution in [3.63, 3.8) is 0 Å². The molecule has 1 amide bonds. The number of carbonyl (C=O) groups excluding carboxylic acids is 1. The number of nitrogen functional groups attached to an aromatic ring is 1. The first kappa shape index (κ1) is 17.1. The van der Waals surface area contributed by atoms with Crippen molar-refractivity contribution in [3.05, 3.63) is 35.7 Å². The second-order valence-corrected chi connectivity index (χ2v) is 6.19. The van der Waals surface area contributed by atoms with Crippen LogP contribution in [0.1, 0.15) is 31.2 Å². The SMILES string of the molecule is CNC(=O)CSc1nnc(COc2ccc(C(C)C)cc2)n1N. The molecule has 0 saturated heterocycles. The Hall–Kier alpha value is -2.22. The molecule has 2 aromatic rings. The molecular weight excluding hydrogens is 314 g/mol. The Bertz CT molecular complexity index is 654. The molecule has 3 N–H and O–H groups in total. The number of nitrogens with zero attached hydrogens (tertiary/aromatic N) is 3. The second-order valence-electron chi connectivity index (χ2n) is 5.24. The molecule has 1 aromatic carbocycles. The third kappa shape index (κ3) is 4.62. The van der Waals surface area contributed by atoms with Gasteiger partial charge in [0, 0.05) is 7.05 Å². The summed E-state index contributed by atoms with van der Waals surface area (Å²) < 4.78 is 7.02. The van der Waals surface area contributed by atoms with Crippen molar-refractivity contribution in [2.24, 2.45) is 0 Å². The highest BCUT2D eigenvalue weighted by molar-refractivity contribution is 7.99. The largest absolute Gasteiger partial charge is 0.486 e. The lowest BCUT2D eigenvalue weighted by molar-refractivity contribution is -0.118. The highest BCUT2D eigenvalue weighted by atomic mass is 32.2. The number of rotatable bonds is 7. The zero-order valence-corrected chi connectivity index (χ0v) is 14.3. The highest BCUT2D eigenvalue weighted by Gasteiger charge is 2.12. The quantitative estimate of drug-likeness (QED) is 0.588. The van der Waals surface area contributed by atoms with Crippen molar-refractivity contribution in [1.82, 2.24) is 20.2 Å². The molecule has 0 aliphatic heterocycles. The molecule has 0 bridgehead atoms. The van der Waals surface area contributed by atoms with Crippen molar-refractivity contribution in [3.8, 4) is 5.75 Å². The maximum absolute atomic E-state index is 11.2. The van der Waals surface area contributed by atoms with Crippen LogP contribution in [-0.2, 0) is 11.4 Å². The number of aromatic nitrogens is 3. The lowest BCUT2D eigenvalue weighted by Crippen LogP contribution is -2.21. The maximum Gasteiger partial charge on any atom is 0.230 e. The number of thioether (sulfide) groups is 1. The molecule has 1 heterocycles. The number of nitrogens with two attached hydrogens (primary N) is 1. The second kappa shape index (κ2) is 7.87. The zero-order chi connectivity index (χ0) is 16.8. The van der Waals surface area contributed by atoms with Gasteiger partial charge in [0.05, 0.1) is 5.75 Å². The first-order chi connectivity index (χ1) is 11.0. The molecule has 0 atom stereocenters. The lowest BCUT2D eigenvalue weighted by Gasteiger charge is -2.08. The van der Waals surface area contributed by atoms with E-state index in [1.165, 1.54) is 22.0 Å². The van der Waals surface area contributed by atoms with Crippen LogP contribution in [0.4, 0.5) is 0 Å². The predicted molar refractivity (Wildman–Crippen MR) is 89.8 cm³/mol. The number of amides is 1. The van der Waals surface area contributed by atoms with Gasteiger partial charge in [-0.15, -0.1) is 10.2 Å². The Labute approximate surface area is 139 Å². The summed E-state index contributed by atoms with van der Waals surface area (Å²) in [5.41, 5.74) is 1.26. The molecule has 7 nitrogen and oxygen atoms in total. The van der Waals surface area contributed by atoms with E-state index in [0.717, 1.165) is 5.75 Å². The Morgan fingerprint density at radius 1 is 1.35 bits per heavy atom. The molecule has 0 fully saturated rings. The number of carbonyl (C=O) groups is 1. The number of ether oxygens (including phenoxy) is 1. The number of hydrogen-bond donors (Lipinski definition) is 2. The summed E-state index contributed by atoms with van der Waals surface area (Å²) >= 11 is 1.22. The molecule has 0 aliphatic carbocycles. The van der Waals surface area contributed by atoms with E-state index in [9.17, 15) is 4.79 Å². The Balaban J connectivity index is 1.93. The van der Waals surface area contributed by atoms with Gasteiger partial charge in [0.1, 0.15) is 12.4 Å². The third-order valence-electron chi connectivity index (χ3n) is 3.26. The van der Waals surface area contributed by atoms with E-state index >= 15 is 0 Å². The van der Waals surface area contributed by atoms with Crippen molar-refractivity contribution in [1.29, 1.82) is 0 Å². The Kier molecular flexibility index (Phi) is 5.86. The van der Waals surface area contributed by atoms with Crippen LogP contribution in [0.2, 0.25) is 0 Å². The van der Waals surface area contributed by atoms with Crippen LogP contribution in [0.25, 0.3) is 0 Å². The minimum atomic E-state index is -0.0963. The minimum absolute atomic E-state index is 0.0963. The zero-order valence-electron chi connectivity index (χ0n) is 13.4. The molecule has 0 aliphatic rings. The highest BCUT2D eigenvalue weighted by Crippen LogP contribution is 2.20. The fourth-order valence-electron chi connectivity index (χ4n) is 1.80. The summed E-state index contributed by atoms with van der Waals surface area (Å²) in [4.78, 5) is 11.2. The van der Waals surface area contributed by atoms with E-state index in [2.05, 4.69) is 29.4 Å². The average Bonchev–Trinajstić information content (AvgIpc) is 2.91. The smallest absolute Gasteiger partial charge is 0.230 e. The standard InChI is InChI=1S/C15H21N5O2S/c1-10(2)11-4-6-12(7-5-11)22-8-13-18-19-15(20(13)16)23-9-14(21)17-3/h4-7,10H,8-9,16H2,1-3H3,(H,17,21). The van der Waals surface area contributed by atoms with E-state index in [4.69, 9.17) is 10.6 Å². The molecule has 0 radical (unpaired) electrons. The van der Waals surface area contributed by atoms with Gasteiger partial charge >= 0.3 is 0 Å². The van der Waals surface area contributed by atoms with Crippen LogP contribution in [-0.4, -0.2) is 33.6 Å². The van der Waals surface area contributed by atoms with Gasteiger partial charge in [-0.05, 0) is 23.6 Å². The van der Waals surface area contributed by atoms with Gasteiger partial charge in [0.15, 0.2) is 5.82 Å². The van der Waals surface area contributed by atoms with Crippen molar-refractivity contribution in [2.45, 2.75) is 31.5 Å². The molecule has 124 valence electrons. The first-order valence-electron chi connectivity index (χ1n) is 7.26. The van der Waals surface area contributed by atoms with Gasteiger partial charge in [-0.3, -0.25) is 4.79 Å². The molecule has 0 saturated carbocycles. The van der Waals surface area contributed by atoms with E-state index in [-0.39, 0.29) is 18.3 Å². The topological polar surface area (TPSA) is 95.1 Å². The number of benzene rings is 1. The number of nitrogens with one attached hydrogen (secondary N) is 1. The van der Waals surface area contributed by atoms with E-state index in [1.54, 1.807) is 7.05 Å². The lowest BCUT2D eigenvalue weighted by atomic mass is 10.0. The van der Waals surface area contributed by atoms with Crippen LogP contribution in [0.3, 0.4) is 0 Å². The van der Waals surface area contributed by atoms with Crippen LogP contribution < -0.4 is 15.9 Å². The van der Waals surface area contributed by atoms with Crippen molar-refractivity contribution < 1.29 is 9.53 Å². The monoisotopic (exact) mass is 335 g/mol.